The Labute approximate surface area is 175 Å². The van der Waals surface area contributed by atoms with Crippen LogP contribution in [-0.2, 0) is 12.5 Å². The maximum Gasteiger partial charge on any atom is 0.257 e. The van der Waals surface area contributed by atoms with E-state index in [1.54, 1.807) is 21.6 Å². The van der Waals surface area contributed by atoms with Gasteiger partial charge in [0.1, 0.15) is 5.82 Å². The van der Waals surface area contributed by atoms with E-state index < -0.39 is 0 Å². The van der Waals surface area contributed by atoms with Crippen molar-refractivity contribution < 1.29 is 4.79 Å². The topological polar surface area (TPSA) is 90.5 Å². The van der Waals surface area contributed by atoms with E-state index in [9.17, 15) is 4.79 Å². The van der Waals surface area contributed by atoms with Crippen molar-refractivity contribution in [3.63, 3.8) is 0 Å². The van der Waals surface area contributed by atoms with Gasteiger partial charge in [-0.25, -0.2) is 9.97 Å². The van der Waals surface area contributed by atoms with Crippen LogP contribution >= 0.6 is 0 Å². The Morgan fingerprint density at radius 1 is 1.10 bits per heavy atom. The molecule has 0 atom stereocenters. The maximum atomic E-state index is 13.3. The number of anilines is 1. The lowest BCUT2D eigenvalue weighted by Gasteiger charge is -2.13. The molecule has 0 fully saturated rings. The van der Waals surface area contributed by atoms with Crippen molar-refractivity contribution in [1.82, 2.24) is 29.5 Å². The number of nitrogens with zero attached hydrogens (tertiary/aromatic N) is 6. The van der Waals surface area contributed by atoms with E-state index >= 15 is 0 Å². The van der Waals surface area contributed by atoms with Crippen molar-refractivity contribution in [1.29, 1.82) is 0 Å². The first-order valence-corrected chi connectivity index (χ1v) is 9.79. The van der Waals surface area contributed by atoms with Crippen LogP contribution in [0.1, 0.15) is 48.2 Å². The Bertz CT molecular complexity index is 1250. The lowest BCUT2D eigenvalue weighted by molar-refractivity contribution is 0.102. The highest BCUT2D eigenvalue weighted by Gasteiger charge is 2.24. The van der Waals surface area contributed by atoms with E-state index in [0.29, 0.717) is 22.8 Å². The lowest BCUT2D eigenvalue weighted by atomic mass is 9.92. The van der Waals surface area contributed by atoms with E-state index in [0.717, 1.165) is 22.5 Å². The predicted octanol–water partition coefficient (Wildman–Crippen LogP) is 3.72. The second-order valence-corrected chi connectivity index (χ2v) is 8.44. The summed E-state index contributed by atoms with van der Waals surface area (Å²) in [6.45, 7) is 10.00. The molecule has 0 aromatic carbocycles. The van der Waals surface area contributed by atoms with Gasteiger partial charge >= 0.3 is 0 Å². The molecule has 8 nitrogen and oxygen atoms in total. The number of hydrogen-bond donors (Lipinski definition) is 1. The Morgan fingerprint density at radius 2 is 1.87 bits per heavy atom. The fourth-order valence-electron chi connectivity index (χ4n) is 3.42. The molecule has 4 heterocycles. The highest BCUT2D eigenvalue weighted by Crippen LogP contribution is 2.27. The predicted molar refractivity (Wildman–Crippen MR) is 116 cm³/mol. The van der Waals surface area contributed by atoms with Gasteiger partial charge in [-0.2, -0.15) is 14.9 Å². The normalized spacial score (nSPS) is 11.8. The van der Waals surface area contributed by atoms with Crippen LogP contribution in [0.25, 0.3) is 16.9 Å². The molecule has 0 radical (unpaired) electrons. The van der Waals surface area contributed by atoms with Crippen molar-refractivity contribution in [3.8, 4) is 5.82 Å². The first-order chi connectivity index (χ1) is 14.1. The molecule has 4 aromatic heterocycles. The van der Waals surface area contributed by atoms with Crippen LogP contribution in [0.2, 0.25) is 0 Å². The number of amides is 1. The van der Waals surface area contributed by atoms with Crippen LogP contribution < -0.4 is 5.32 Å². The quantitative estimate of drug-likeness (QED) is 0.563. The smallest absolute Gasteiger partial charge is 0.257 e. The molecule has 0 bridgehead atoms. The third-order valence-corrected chi connectivity index (χ3v) is 4.93. The molecule has 154 valence electrons. The molecule has 0 saturated heterocycles. The SMILES string of the molecule is Cc1cc(C(=O)Nc2cc(C(C)(C)C)nn2-c2ccccn2)c2c(C)nn(C)c2n1. The van der Waals surface area contributed by atoms with Crippen LogP contribution in [0, 0.1) is 13.8 Å². The molecule has 0 aliphatic heterocycles. The maximum absolute atomic E-state index is 13.3. The highest BCUT2D eigenvalue weighted by molar-refractivity contribution is 6.12. The number of aromatic nitrogens is 6. The molecule has 1 amide bonds. The van der Waals surface area contributed by atoms with Gasteiger partial charge in [0, 0.05) is 30.4 Å². The molecular weight excluding hydrogens is 378 g/mol. The zero-order valence-corrected chi connectivity index (χ0v) is 18.1. The molecule has 8 heteroatoms. The van der Waals surface area contributed by atoms with E-state index in [1.165, 1.54) is 0 Å². The van der Waals surface area contributed by atoms with E-state index in [1.807, 2.05) is 45.2 Å². The number of nitrogens with one attached hydrogen (secondary N) is 1. The third kappa shape index (κ3) is 3.45. The summed E-state index contributed by atoms with van der Waals surface area (Å²) in [6.07, 6.45) is 1.70. The van der Waals surface area contributed by atoms with Crippen molar-refractivity contribution >= 4 is 22.8 Å². The van der Waals surface area contributed by atoms with Gasteiger partial charge in [0.2, 0.25) is 0 Å². The average molecular weight is 403 g/mol. The molecule has 0 unspecified atom stereocenters. The lowest BCUT2D eigenvalue weighted by Crippen LogP contribution is -2.16. The van der Waals surface area contributed by atoms with Crippen LogP contribution in [0.3, 0.4) is 0 Å². The first-order valence-electron chi connectivity index (χ1n) is 9.79. The molecule has 0 aliphatic carbocycles. The largest absolute Gasteiger partial charge is 0.306 e. The Kier molecular flexibility index (Phi) is 4.64. The molecule has 0 aliphatic rings. The Morgan fingerprint density at radius 3 is 2.53 bits per heavy atom. The summed E-state index contributed by atoms with van der Waals surface area (Å²) in [5.41, 5.74) is 3.42. The molecule has 0 saturated carbocycles. The fraction of sp³-hybridized carbons (Fsp3) is 0.318. The second-order valence-electron chi connectivity index (χ2n) is 8.44. The number of carbonyl (C=O) groups excluding carboxylic acids is 1. The monoisotopic (exact) mass is 403 g/mol. The summed E-state index contributed by atoms with van der Waals surface area (Å²) in [7, 11) is 1.83. The zero-order valence-electron chi connectivity index (χ0n) is 18.1. The Hall–Kier alpha value is -3.55. The zero-order chi connectivity index (χ0) is 21.6. The molecule has 4 aromatic rings. The van der Waals surface area contributed by atoms with Crippen molar-refractivity contribution in [2.24, 2.45) is 7.05 Å². The summed E-state index contributed by atoms with van der Waals surface area (Å²) in [5.74, 6) is 0.962. The third-order valence-electron chi connectivity index (χ3n) is 4.93. The van der Waals surface area contributed by atoms with Gasteiger partial charge in [-0.3, -0.25) is 9.48 Å². The number of pyridine rings is 2. The number of aryl methyl sites for hydroxylation is 3. The van der Waals surface area contributed by atoms with E-state index in [4.69, 9.17) is 5.10 Å². The minimum Gasteiger partial charge on any atom is -0.306 e. The summed E-state index contributed by atoms with van der Waals surface area (Å²) in [5, 5.41) is 12.9. The van der Waals surface area contributed by atoms with Crippen molar-refractivity contribution in [2.45, 2.75) is 40.0 Å². The molecule has 1 N–H and O–H groups in total. The van der Waals surface area contributed by atoms with Gasteiger partial charge in [-0.15, -0.1) is 0 Å². The molecule has 30 heavy (non-hydrogen) atoms. The van der Waals surface area contributed by atoms with Gasteiger partial charge in [0.05, 0.1) is 22.3 Å². The summed E-state index contributed by atoms with van der Waals surface area (Å²) in [6, 6.07) is 9.28. The van der Waals surface area contributed by atoms with Gasteiger partial charge in [0.25, 0.3) is 5.91 Å². The summed E-state index contributed by atoms with van der Waals surface area (Å²) < 4.78 is 3.37. The van der Waals surface area contributed by atoms with E-state index in [-0.39, 0.29) is 11.3 Å². The van der Waals surface area contributed by atoms with Gasteiger partial charge in [-0.05, 0) is 32.0 Å². The average Bonchev–Trinajstić information content (AvgIpc) is 3.23. The fourth-order valence-corrected chi connectivity index (χ4v) is 3.42. The van der Waals surface area contributed by atoms with Gasteiger partial charge in [-0.1, -0.05) is 26.8 Å². The Balaban J connectivity index is 1.81. The number of carbonyl (C=O) groups is 1. The number of hydrogen-bond acceptors (Lipinski definition) is 5. The van der Waals surface area contributed by atoms with E-state index in [2.05, 4.69) is 41.2 Å². The number of rotatable bonds is 3. The second kappa shape index (κ2) is 7.05. The summed E-state index contributed by atoms with van der Waals surface area (Å²) in [4.78, 5) is 22.3. The minimum atomic E-state index is -0.237. The summed E-state index contributed by atoms with van der Waals surface area (Å²) >= 11 is 0. The van der Waals surface area contributed by atoms with Gasteiger partial charge < -0.3 is 5.32 Å². The van der Waals surface area contributed by atoms with Crippen LogP contribution in [-0.4, -0.2) is 35.4 Å². The first kappa shape index (κ1) is 19.8. The molecular formula is C22H25N7O. The van der Waals surface area contributed by atoms with Crippen LogP contribution in [0.4, 0.5) is 5.82 Å². The molecule has 4 rings (SSSR count). The van der Waals surface area contributed by atoms with Crippen LogP contribution in [0.15, 0.2) is 36.5 Å². The highest BCUT2D eigenvalue weighted by atomic mass is 16.1. The van der Waals surface area contributed by atoms with Crippen molar-refractivity contribution in [2.75, 3.05) is 5.32 Å². The van der Waals surface area contributed by atoms with Crippen molar-refractivity contribution in [3.05, 3.63) is 59.2 Å². The standard InChI is InChI=1S/C22H25N7O/c1-13-11-15(19-14(2)26-28(6)20(19)24-13)21(30)25-18-12-16(22(3,4)5)27-29(18)17-9-7-8-10-23-17/h7-12H,1-6H3,(H,25,30). The van der Waals surface area contributed by atoms with Gasteiger partial charge in [0.15, 0.2) is 11.5 Å². The van der Waals surface area contributed by atoms with Crippen LogP contribution in [0.5, 0.6) is 0 Å². The minimum absolute atomic E-state index is 0.181. The number of fused-ring (bicyclic) bond motifs is 1. The molecule has 0 spiro atoms.